The lowest BCUT2D eigenvalue weighted by Gasteiger charge is -2.05. The number of non-ortho nitro benzene ring substituents is 1. The van der Waals surface area contributed by atoms with Crippen LogP contribution < -0.4 is 5.32 Å². The van der Waals surface area contributed by atoms with Gasteiger partial charge in [0.05, 0.1) is 23.3 Å². The van der Waals surface area contributed by atoms with Crippen molar-refractivity contribution >= 4 is 40.3 Å². The predicted octanol–water partition coefficient (Wildman–Crippen LogP) is 0.431. The molecule has 0 radical (unpaired) electrons. The highest BCUT2D eigenvalue weighted by Gasteiger charge is 2.20. The number of carbonyl (C=O) groups is 2. The molecule has 0 aliphatic carbocycles. The number of aromatic nitrogens is 2. The summed E-state index contributed by atoms with van der Waals surface area (Å²) in [5.74, 6) is -1.65. The monoisotopic (exact) mass is 326 g/mol. The number of hydrogen-bond donors (Lipinski definition) is 2. The van der Waals surface area contributed by atoms with Crippen LogP contribution in [0.4, 0.5) is 5.69 Å². The summed E-state index contributed by atoms with van der Waals surface area (Å²) in [5.41, 5.74) is 0.187. The van der Waals surface area contributed by atoms with Crippen LogP contribution in [0.15, 0.2) is 12.1 Å². The van der Waals surface area contributed by atoms with Crippen molar-refractivity contribution < 1.29 is 24.4 Å². The van der Waals surface area contributed by atoms with Gasteiger partial charge < -0.3 is 15.2 Å². The first kappa shape index (κ1) is 15.7. The van der Waals surface area contributed by atoms with E-state index in [0.717, 1.165) is 17.8 Å². The summed E-state index contributed by atoms with van der Waals surface area (Å²) in [4.78, 5) is 32.5. The van der Waals surface area contributed by atoms with Crippen LogP contribution in [-0.4, -0.2) is 50.4 Å². The first-order chi connectivity index (χ1) is 10.5. The molecule has 116 valence electrons. The SMILES string of the molecule is O=C(O)COCCNC(=O)c1cc([N+](=O)[O-])c2nsnc2c1. The van der Waals surface area contributed by atoms with Crippen molar-refractivity contribution in [3.63, 3.8) is 0 Å². The average Bonchev–Trinajstić information content (AvgIpc) is 2.93. The quantitative estimate of drug-likeness (QED) is 0.423. The van der Waals surface area contributed by atoms with Crippen LogP contribution in [0.1, 0.15) is 10.4 Å². The number of aliphatic carboxylic acids is 1. The number of carboxylic acids is 1. The summed E-state index contributed by atoms with van der Waals surface area (Å²) in [7, 11) is 0. The molecule has 0 unspecified atom stereocenters. The molecule has 10 nitrogen and oxygen atoms in total. The van der Waals surface area contributed by atoms with E-state index in [1.54, 1.807) is 0 Å². The normalized spacial score (nSPS) is 10.5. The van der Waals surface area contributed by atoms with E-state index in [2.05, 4.69) is 14.1 Å². The molecule has 0 fully saturated rings. The lowest BCUT2D eigenvalue weighted by Crippen LogP contribution is -2.28. The minimum atomic E-state index is -1.11. The number of nitro benzene ring substituents is 1. The first-order valence-corrected chi connectivity index (χ1v) is 6.70. The van der Waals surface area contributed by atoms with Crippen LogP contribution in [-0.2, 0) is 9.53 Å². The third-order valence-corrected chi connectivity index (χ3v) is 3.10. The zero-order chi connectivity index (χ0) is 16.1. The molecule has 0 atom stereocenters. The number of nitrogens with zero attached hydrogens (tertiary/aromatic N) is 3. The van der Waals surface area contributed by atoms with Crippen molar-refractivity contribution in [1.82, 2.24) is 14.1 Å². The molecule has 0 saturated heterocycles. The third kappa shape index (κ3) is 3.71. The molecule has 0 aliphatic heterocycles. The van der Waals surface area contributed by atoms with Crippen LogP contribution in [0.2, 0.25) is 0 Å². The van der Waals surface area contributed by atoms with Gasteiger partial charge >= 0.3 is 5.97 Å². The molecule has 22 heavy (non-hydrogen) atoms. The zero-order valence-corrected chi connectivity index (χ0v) is 11.8. The number of ether oxygens (including phenoxy) is 1. The van der Waals surface area contributed by atoms with Crippen LogP contribution in [0.3, 0.4) is 0 Å². The fraction of sp³-hybridized carbons (Fsp3) is 0.273. The van der Waals surface area contributed by atoms with Crippen molar-refractivity contribution in [2.75, 3.05) is 19.8 Å². The first-order valence-electron chi connectivity index (χ1n) is 5.97. The molecule has 0 aliphatic rings. The fourth-order valence-corrected chi connectivity index (χ4v) is 2.18. The van der Waals surface area contributed by atoms with Crippen LogP contribution in [0, 0.1) is 10.1 Å². The van der Waals surface area contributed by atoms with Crippen LogP contribution >= 0.6 is 11.7 Å². The maximum atomic E-state index is 11.9. The van der Waals surface area contributed by atoms with Gasteiger partial charge in [-0.2, -0.15) is 8.75 Å². The van der Waals surface area contributed by atoms with E-state index < -0.39 is 23.4 Å². The Kier molecular flexibility index (Phi) is 4.91. The lowest BCUT2D eigenvalue weighted by atomic mass is 10.1. The van der Waals surface area contributed by atoms with Crippen molar-refractivity contribution in [2.24, 2.45) is 0 Å². The van der Waals surface area contributed by atoms with Gasteiger partial charge in [-0.15, -0.1) is 0 Å². The minimum absolute atomic E-state index is 0.0145. The van der Waals surface area contributed by atoms with Crippen molar-refractivity contribution in [2.45, 2.75) is 0 Å². The number of rotatable bonds is 7. The molecule has 1 aromatic carbocycles. The third-order valence-electron chi connectivity index (χ3n) is 2.56. The van der Waals surface area contributed by atoms with Crippen LogP contribution in [0.25, 0.3) is 11.0 Å². The number of amides is 1. The molecule has 2 N–H and O–H groups in total. The number of nitro groups is 1. The van der Waals surface area contributed by atoms with Gasteiger partial charge in [-0.25, -0.2) is 4.79 Å². The molecular weight excluding hydrogens is 316 g/mol. The Morgan fingerprint density at radius 3 is 2.86 bits per heavy atom. The fourth-order valence-electron chi connectivity index (χ4n) is 1.64. The Morgan fingerprint density at radius 2 is 2.18 bits per heavy atom. The molecule has 1 aromatic heterocycles. The van der Waals surface area contributed by atoms with E-state index in [1.807, 2.05) is 0 Å². The second-order valence-corrected chi connectivity index (χ2v) is 4.62. The molecule has 1 heterocycles. The summed E-state index contributed by atoms with van der Waals surface area (Å²) in [5, 5.41) is 21.8. The second-order valence-electron chi connectivity index (χ2n) is 4.09. The van der Waals surface area contributed by atoms with Gasteiger partial charge in [0.15, 0.2) is 5.52 Å². The molecule has 0 spiro atoms. The molecule has 0 bridgehead atoms. The topological polar surface area (TPSA) is 145 Å². The number of carbonyl (C=O) groups excluding carboxylic acids is 1. The van der Waals surface area contributed by atoms with Gasteiger partial charge in [-0.3, -0.25) is 14.9 Å². The summed E-state index contributed by atoms with van der Waals surface area (Å²) >= 11 is 0.820. The Morgan fingerprint density at radius 1 is 1.41 bits per heavy atom. The van der Waals surface area contributed by atoms with Gasteiger partial charge in [0.25, 0.3) is 11.6 Å². The molecular formula is C11H10N4O6S. The average molecular weight is 326 g/mol. The largest absolute Gasteiger partial charge is 0.480 e. The minimum Gasteiger partial charge on any atom is -0.480 e. The van der Waals surface area contributed by atoms with Gasteiger partial charge in [-0.1, -0.05) is 0 Å². The highest BCUT2D eigenvalue weighted by Crippen LogP contribution is 2.25. The summed E-state index contributed by atoms with van der Waals surface area (Å²) in [6.45, 7) is -0.369. The number of hydrogen-bond acceptors (Lipinski definition) is 8. The van der Waals surface area contributed by atoms with E-state index in [1.165, 1.54) is 6.07 Å². The number of carboxylic acid groups (broad SMARTS) is 1. The van der Waals surface area contributed by atoms with Gasteiger partial charge in [0.1, 0.15) is 12.1 Å². The summed E-state index contributed by atoms with van der Waals surface area (Å²) in [6.07, 6.45) is 0. The number of benzene rings is 1. The van der Waals surface area contributed by atoms with E-state index >= 15 is 0 Å². The van der Waals surface area contributed by atoms with Crippen molar-refractivity contribution in [3.8, 4) is 0 Å². The molecule has 2 aromatic rings. The summed E-state index contributed by atoms with van der Waals surface area (Å²) in [6, 6.07) is 2.52. The zero-order valence-electron chi connectivity index (χ0n) is 11.0. The van der Waals surface area contributed by atoms with E-state index in [-0.39, 0.29) is 35.4 Å². The Balaban J connectivity index is 2.05. The maximum absolute atomic E-state index is 11.9. The van der Waals surface area contributed by atoms with E-state index in [0.29, 0.717) is 0 Å². The summed E-state index contributed by atoms with van der Waals surface area (Å²) < 4.78 is 12.5. The van der Waals surface area contributed by atoms with E-state index in [4.69, 9.17) is 9.84 Å². The Labute approximate surface area is 127 Å². The molecule has 2 rings (SSSR count). The standard InChI is InChI=1S/C11H10N4O6S/c16-9(17)5-21-2-1-12-11(18)6-3-7-10(14-22-13-7)8(4-6)15(19)20/h3-4H,1-2,5H2,(H,12,18)(H,16,17). The smallest absolute Gasteiger partial charge is 0.329 e. The van der Waals surface area contributed by atoms with Gasteiger partial charge in [0, 0.05) is 18.2 Å². The van der Waals surface area contributed by atoms with Gasteiger partial charge in [0.2, 0.25) is 0 Å². The van der Waals surface area contributed by atoms with Crippen molar-refractivity contribution in [3.05, 3.63) is 27.8 Å². The van der Waals surface area contributed by atoms with Gasteiger partial charge in [-0.05, 0) is 6.07 Å². The highest BCUT2D eigenvalue weighted by atomic mass is 32.1. The molecule has 11 heteroatoms. The number of nitrogens with one attached hydrogen (secondary N) is 1. The predicted molar refractivity (Wildman–Crippen MR) is 74.9 cm³/mol. The Hall–Kier alpha value is -2.66. The maximum Gasteiger partial charge on any atom is 0.329 e. The Bertz CT molecular complexity index is 730. The van der Waals surface area contributed by atoms with Crippen LogP contribution in [0.5, 0.6) is 0 Å². The molecule has 1 amide bonds. The highest BCUT2D eigenvalue weighted by molar-refractivity contribution is 7.00. The molecule has 0 saturated carbocycles. The lowest BCUT2D eigenvalue weighted by molar-refractivity contribution is -0.383. The van der Waals surface area contributed by atoms with E-state index in [9.17, 15) is 19.7 Å². The second kappa shape index (κ2) is 6.87. The van der Waals surface area contributed by atoms with Crippen molar-refractivity contribution in [1.29, 1.82) is 0 Å². The number of fused-ring (bicyclic) bond motifs is 1.